The van der Waals surface area contributed by atoms with E-state index in [1.807, 2.05) is 0 Å². The molecular weight excluding hydrogens is 1020 g/mol. The van der Waals surface area contributed by atoms with Crippen LogP contribution in [0.25, 0.3) is 32.7 Å². The monoisotopic (exact) mass is 1070 g/mol. The van der Waals surface area contributed by atoms with Crippen LogP contribution in [0.5, 0.6) is 0 Å². The maximum atomic E-state index is 10.3. The van der Waals surface area contributed by atoms with Crippen LogP contribution in [-0.4, -0.2) is 11.9 Å². The molecule has 0 aromatic heterocycles. The first-order chi connectivity index (χ1) is 33.3. The predicted molar refractivity (Wildman–Crippen MR) is 281 cm³/mol. The molecule has 0 saturated heterocycles. The summed E-state index contributed by atoms with van der Waals surface area (Å²) in [6.45, 7) is 0. The first-order valence-electron chi connectivity index (χ1n) is 22.2. The molecule has 348 valence electrons. The maximum Gasteiger partial charge on any atom is 2.00 e. The number of carboxylic acids is 2. The second kappa shape index (κ2) is 27.5. The Kier molecular flexibility index (Phi) is 21.7. The Hall–Kier alpha value is -6.05. The molecule has 4 N–H and O–H groups in total. The number of nitrogens with two attached hydrogens (primary N) is 2. The summed E-state index contributed by atoms with van der Waals surface area (Å²) in [5.74, 6) is -2.51. The van der Waals surface area contributed by atoms with Crippen molar-refractivity contribution in [2.24, 2.45) is 11.5 Å². The normalized spacial score (nSPS) is 11.3. The largest absolute Gasteiger partial charge is 2.00 e. The van der Waals surface area contributed by atoms with Gasteiger partial charge in [-0.1, -0.05) is 255 Å². The van der Waals surface area contributed by atoms with Gasteiger partial charge in [0.15, 0.2) is 0 Å². The smallest absolute Gasteiger partial charge is 1.00 e. The zero-order valence-electron chi connectivity index (χ0n) is 38.8. The average Bonchev–Trinajstić information content (AvgIpc) is 3.40. The number of carbonyl (C=O) groups excluding carboxylic acids is 2. The summed E-state index contributed by atoms with van der Waals surface area (Å²) in [6.07, 6.45) is 0. The van der Waals surface area contributed by atoms with Gasteiger partial charge in [-0.2, -0.15) is 0 Å². The molecule has 0 heterocycles. The topological polar surface area (TPSA) is 132 Å². The fourth-order valence-corrected chi connectivity index (χ4v) is 13.1. The molecule has 0 aliphatic carbocycles. The van der Waals surface area contributed by atoms with E-state index in [2.05, 4.69) is 194 Å². The number of hydrogen-bond donors (Lipinski definition) is 2. The van der Waals surface area contributed by atoms with Crippen molar-refractivity contribution in [2.75, 3.05) is 0 Å². The van der Waals surface area contributed by atoms with Gasteiger partial charge in [-0.15, -0.1) is 0 Å². The van der Waals surface area contributed by atoms with E-state index in [0.29, 0.717) is 11.1 Å². The average molecular weight is 1070 g/mol. The third kappa shape index (κ3) is 13.7. The van der Waals surface area contributed by atoms with Crippen LogP contribution in [0.1, 0.15) is 23.2 Å². The summed E-state index contributed by atoms with van der Waals surface area (Å²) in [5.41, 5.74) is 14.4. The molecule has 11 heteroatoms. The Bertz CT molecular complexity index is 2940. The number of benzene rings is 10. The Labute approximate surface area is 449 Å². The van der Waals surface area contributed by atoms with Crippen LogP contribution in [0, 0.1) is 0 Å². The van der Waals surface area contributed by atoms with Crippen LogP contribution in [-0.2, 0) is 29.1 Å². The maximum absolute atomic E-state index is 10.3. The molecule has 0 aliphatic heterocycles. The van der Waals surface area contributed by atoms with E-state index in [9.17, 15) is 19.8 Å². The van der Waals surface area contributed by atoms with E-state index in [-0.39, 0.29) is 50.7 Å². The van der Waals surface area contributed by atoms with Crippen molar-refractivity contribution in [2.45, 2.75) is 12.1 Å². The van der Waals surface area contributed by atoms with Crippen LogP contribution in [0.2, 0.25) is 0 Å². The minimum absolute atomic E-state index is 0. The second-order valence-electron chi connectivity index (χ2n) is 15.8. The van der Waals surface area contributed by atoms with Gasteiger partial charge in [-0.3, -0.25) is 0 Å². The SMILES string of the molecule is N[C@H](C(=O)[O-])c1ccccc1.N[C@H](C(=O)[O-])c1ccccc1.[Cl-].[Li+].[Ru+2].c1ccc(P(c2ccccc2)c2ccc3ccccc3c2-c2c(P(c3ccccc3)c3ccccc3)ccc3ccccc23)cc1. The summed E-state index contributed by atoms with van der Waals surface area (Å²) in [5, 5.41) is 33.9. The van der Waals surface area contributed by atoms with Gasteiger partial charge in [-0.25, -0.2) is 0 Å². The fraction of sp³-hybridized carbons (Fsp3) is 0.0333. The number of fused-ring (bicyclic) bond motifs is 2. The van der Waals surface area contributed by atoms with Gasteiger partial charge in [0, 0.05) is 0 Å². The van der Waals surface area contributed by atoms with E-state index in [4.69, 9.17) is 11.5 Å². The van der Waals surface area contributed by atoms with Gasteiger partial charge in [0.05, 0.1) is 24.0 Å². The Morgan fingerprint density at radius 1 is 0.352 bits per heavy atom. The first kappa shape index (κ1) is 55.9. The standard InChI is InChI=1S/C44H32P2.2C8H9NO2.ClH.Li.Ru/c1-5-19-35(20-6-1)45(36-21-7-2-8-22-36)41-31-29-33-17-13-15-27-39(33)43(41)44-40-28-16-14-18-34(40)30-32-42(44)46(37-23-9-3-10-24-37)38-25-11-4-12-26-38;2*9-7(8(10)11)6-4-2-1-3-5-6;;;/h1-32H;2*1-5,7H,9H2,(H,10,11);1H;;/q;;;;+1;+2/p-3/t;2*7-;;;/m.00.../s1. The molecule has 0 unspecified atom stereocenters. The number of aliphatic carboxylic acids is 2. The third-order valence-electron chi connectivity index (χ3n) is 11.4. The quantitative estimate of drug-likeness (QED) is 0.151. The van der Waals surface area contributed by atoms with E-state index >= 15 is 0 Å². The molecule has 0 fully saturated rings. The first-order valence-corrected chi connectivity index (χ1v) is 24.9. The predicted octanol–water partition coefficient (Wildman–Crippen LogP) is 2.05. The molecule has 0 radical (unpaired) electrons. The molecule has 0 saturated carbocycles. The van der Waals surface area contributed by atoms with Crippen molar-refractivity contribution >= 4 is 81.2 Å². The summed E-state index contributed by atoms with van der Waals surface area (Å²) in [7, 11) is -1.70. The molecule has 10 aromatic carbocycles. The molecule has 0 amide bonds. The van der Waals surface area contributed by atoms with Gasteiger partial charge < -0.3 is 43.7 Å². The molecule has 0 bridgehead atoms. The van der Waals surface area contributed by atoms with Crippen LogP contribution in [0.15, 0.2) is 255 Å². The zero-order valence-corrected chi connectivity index (χ0v) is 43.1. The van der Waals surface area contributed by atoms with Gasteiger partial charge >= 0.3 is 38.3 Å². The number of halogens is 1. The van der Waals surface area contributed by atoms with Gasteiger partial charge in [0.1, 0.15) is 0 Å². The van der Waals surface area contributed by atoms with E-state index in [1.165, 1.54) is 64.5 Å². The minimum Gasteiger partial charge on any atom is -1.00 e. The molecule has 0 spiro atoms. The van der Waals surface area contributed by atoms with E-state index in [1.54, 1.807) is 60.7 Å². The van der Waals surface area contributed by atoms with E-state index in [0.717, 1.165) is 0 Å². The summed E-state index contributed by atoms with van der Waals surface area (Å²) in [4.78, 5) is 20.5. The van der Waals surface area contributed by atoms with Crippen molar-refractivity contribution in [3.8, 4) is 11.1 Å². The number of rotatable bonds is 11. The summed E-state index contributed by atoms with van der Waals surface area (Å²) < 4.78 is 0. The number of carbonyl (C=O) groups is 2. The number of hydrogen-bond acceptors (Lipinski definition) is 6. The van der Waals surface area contributed by atoms with Crippen LogP contribution >= 0.6 is 15.8 Å². The second-order valence-corrected chi connectivity index (χ2v) is 20.2. The Morgan fingerprint density at radius 3 is 0.859 bits per heavy atom. The van der Waals surface area contributed by atoms with Crippen molar-refractivity contribution in [3.05, 3.63) is 266 Å². The van der Waals surface area contributed by atoms with Crippen LogP contribution in [0.3, 0.4) is 0 Å². The number of carboxylic acid groups (broad SMARTS) is 2. The fourth-order valence-electron chi connectivity index (χ4n) is 8.17. The summed E-state index contributed by atoms with van der Waals surface area (Å²) >= 11 is 0. The molecular formula is C60H48ClLiN2O4P2Ru. The van der Waals surface area contributed by atoms with Gasteiger partial charge in [-0.05, 0) is 91.5 Å². The van der Waals surface area contributed by atoms with Crippen molar-refractivity contribution in [1.29, 1.82) is 0 Å². The van der Waals surface area contributed by atoms with E-state index < -0.39 is 39.9 Å². The van der Waals surface area contributed by atoms with Gasteiger partial charge in [0.2, 0.25) is 0 Å². The summed E-state index contributed by atoms with van der Waals surface area (Å²) in [6, 6.07) is 86.9. The molecule has 6 nitrogen and oxygen atoms in total. The van der Waals surface area contributed by atoms with Crippen LogP contribution in [0.4, 0.5) is 0 Å². The van der Waals surface area contributed by atoms with Gasteiger partial charge in [0.25, 0.3) is 0 Å². The molecule has 10 rings (SSSR count). The minimum atomic E-state index is -1.25. The Balaban J connectivity index is 0.000000311. The molecule has 71 heavy (non-hydrogen) atoms. The van der Waals surface area contributed by atoms with Crippen molar-refractivity contribution in [3.63, 3.8) is 0 Å². The third-order valence-corrected chi connectivity index (χ3v) is 16.4. The molecule has 10 aromatic rings. The molecule has 0 aliphatic rings. The van der Waals surface area contributed by atoms with Crippen LogP contribution < -0.4 is 84.8 Å². The molecule has 2 atom stereocenters. The zero-order chi connectivity index (χ0) is 47.2. The van der Waals surface area contributed by atoms with Crippen molar-refractivity contribution < 1.29 is 70.5 Å². The Morgan fingerprint density at radius 2 is 0.592 bits per heavy atom. The van der Waals surface area contributed by atoms with Crippen molar-refractivity contribution in [1.82, 2.24) is 0 Å².